The first-order chi connectivity index (χ1) is 21.2. The molecular weight excluding hydrogens is 830 g/mol. The van der Waals surface area contributed by atoms with Crippen LogP contribution >= 0.6 is 68.1 Å². The average Bonchev–Trinajstić information content (AvgIpc) is 3.32. The standard InChI is InChI=1S/C32H27ClI2N2O6S/c1-4-41-25-11-10-18(13-26(25)42-5-2)28-22(31(39)40-3)16-36-32-37(28)30(38)27(44-32)14-20-12-21(34)15-24(35)29(20)43-17-19-8-6-7-9-23(19)33/h6-16,28H,4-5,17H2,1-3H3/b27-14+/t28-/m1/s1. The van der Waals surface area contributed by atoms with Crippen molar-refractivity contribution in [2.75, 3.05) is 20.3 Å². The summed E-state index contributed by atoms with van der Waals surface area (Å²) in [5.74, 6) is 1.15. The third kappa shape index (κ3) is 6.85. The summed E-state index contributed by atoms with van der Waals surface area (Å²) < 4.78 is 26.8. The highest BCUT2D eigenvalue weighted by atomic mass is 127. The largest absolute Gasteiger partial charge is 0.490 e. The van der Waals surface area contributed by atoms with Crippen molar-refractivity contribution in [2.45, 2.75) is 26.5 Å². The Labute approximate surface area is 290 Å². The topological polar surface area (TPSA) is 88.4 Å². The van der Waals surface area contributed by atoms with Crippen LogP contribution in [0.1, 0.15) is 36.6 Å². The first kappa shape index (κ1) is 32.5. The zero-order valence-electron chi connectivity index (χ0n) is 23.9. The number of nitrogens with zero attached hydrogens (tertiary/aromatic N) is 2. The summed E-state index contributed by atoms with van der Waals surface area (Å²) in [7, 11) is 1.30. The summed E-state index contributed by atoms with van der Waals surface area (Å²) in [4.78, 5) is 32.0. The van der Waals surface area contributed by atoms with E-state index < -0.39 is 12.0 Å². The fourth-order valence-electron chi connectivity index (χ4n) is 4.73. The van der Waals surface area contributed by atoms with Crippen LogP contribution in [-0.4, -0.2) is 30.9 Å². The summed E-state index contributed by atoms with van der Waals surface area (Å²) in [6, 6.07) is 16.1. The molecule has 0 saturated carbocycles. The SMILES string of the molecule is CCOc1ccc([C@@H]2C(C(=O)OC)=CN=c3s/c(=C/c4cc(I)cc(I)c4OCc4ccccc4Cl)c(=O)n32)cc1OCC. The van der Waals surface area contributed by atoms with Crippen molar-refractivity contribution in [1.82, 2.24) is 4.57 Å². The van der Waals surface area contributed by atoms with Crippen LogP contribution in [0.25, 0.3) is 6.08 Å². The molecule has 0 N–H and O–H groups in total. The highest BCUT2D eigenvalue weighted by Crippen LogP contribution is 2.35. The van der Waals surface area contributed by atoms with Crippen molar-refractivity contribution in [3.63, 3.8) is 0 Å². The molecule has 44 heavy (non-hydrogen) atoms. The van der Waals surface area contributed by atoms with Gasteiger partial charge in [-0.25, -0.2) is 9.79 Å². The number of aromatic nitrogens is 1. The van der Waals surface area contributed by atoms with Gasteiger partial charge in [-0.3, -0.25) is 9.36 Å². The van der Waals surface area contributed by atoms with Crippen LogP contribution in [0.2, 0.25) is 5.02 Å². The van der Waals surface area contributed by atoms with Gasteiger partial charge in [-0.05, 0) is 101 Å². The number of hydrogen-bond acceptors (Lipinski definition) is 8. The van der Waals surface area contributed by atoms with Crippen LogP contribution in [0.15, 0.2) is 76.2 Å². The van der Waals surface area contributed by atoms with Gasteiger partial charge in [-0.2, -0.15) is 0 Å². The van der Waals surface area contributed by atoms with Gasteiger partial charge >= 0.3 is 5.97 Å². The molecule has 0 fully saturated rings. The first-order valence-electron chi connectivity index (χ1n) is 13.6. The highest BCUT2D eigenvalue weighted by Gasteiger charge is 2.31. The maximum absolute atomic E-state index is 14.1. The van der Waals surface area contributed by atoms with E-state index in [1.54, 1.807) is 18.2 Å². The Morgan fingerprint density at radius 2 is 1.80 bits per heavy atom. The van der Waals surface area contributed by atoms with Crippen LogP contribution < -0.4 is 29.1 Å². The van der Waals surface area contributed by atoms with Crippen molar-refractivity contribution in [3.05, 3.63) is 115 Å². The number of fused-ring (bicyclic) bond motifs is 1. The molecule has 5 rings (SSSR count). The van der Waals surface area contributed by atoms with Gasteiger partial charge in [-0.15, -0.1) is 0 Å². The van der Waals surface area contributed by atoms with E-state index in [0.717, 1.165) is 18.3 Å². The maximum Gasteiger partial charge on any atom is 0.337 e. The molecule has 8 nitrogen and oxygen atoms in total. The van der Waals surface area contributed by atoms with Gasteiger partial charge in [-0.1, -0.05) is 47.2 Å². The van der Waals surface area contributed by atoms with Crippen LogP contribution in [0, 0.1) is 7.14 Å². The van der Waals surface area contributed by atoms with Gasteiger partial charge < -0.3 is 18.9 Å². The van der Waals surface area contributed by atoms with E-state index >= 15 is 0 Å². The number of thiazole rings is 1. The number of methoxy groups -OCH3 is 1. The Hall–Kier alpha value is -2.88. The zero-order valence-corrected chi connectivity index (χ0v) is 29.8. The molecule has 0 unspecified atom stereocenters. The number of esters is 1. The fourth-order valence-corrected chi connectivity index (χ4v) is 7.93. The molecule has 0 amide bonds. The molecule has 12 heteroatoms. The van der Waals surface area contributed by atoms with Crippen LogP contribution in [0.3, 0.4) is 0 Å². The Kier molecular flexibility index (Phi) is 10.7. The van der Waals surface area contributed by atoms with Gasteiger partial charge in [0.05, 0.1) is 40.0 Å². The lowest BCUT2D eigenvalue weighted by molar-refractivity contribution is -0.136. The second-order valence-corrected chi connectivity index (χ2v) is 13.3. The van der Waals surface area contributed by atoms with E-state index in [2.05, 4.69) is 50.2 Å². The third-order valence-corrected chi connectivity index (χ3v) is 9.45. The normalized spacial score (nSPS) is 14.4. The average molecular weight is 857 g/mol. The van der Waals surface area contributed by atoms with Crippen molar-refractivity contribution < 1.29 is 23.7 Å². The minimum atomic E-state index is -0.789. The van der Waals surface area contributed by atoms with E-state index in [0.29, 0.717) is 50.4 Å². The van der Waals surface area contributed by atoms with Crippen LogP contribution in [0.4, 0.5) is 0 Å². The number of rotatable bonds is 10. The Morgan fingerprint density at radius 3 is 2.52 bits per heavy atom. The molecule has 0 spiro atoms. The van der Waals surface area contributed by atoms with Gasteiger partial charge in [0.1, 0.15) is 12.4 Å². The second-order valence-electron chi connectivity index (χ2n) is 9.43. The van der Waals surface area contributed by atoms with Crippen molar-refractivity contribution >= 4 is 80.2 Å². The first-order valence-corrected chi connectivity index (χ1v) is 16.9. The smallest absolute Gasteiger partial charge is 0.337 e. The van der Waals surface area contributed by atoms with Gasteiger partial charge in [0, 0.05) is 25.9 Å². The van der Waals surface area contributed by atoms with E-state index in [-0.39, 0.29) is 17.7 Å². The van der Waals surface area contributed by atoms with Crippen LogP contribution in [-0.2, 0) is 16.1 Å². The molecule has 1 aromatic heterocycles. The molecule has 1 atom stereocenters. The summed E-state index contributed by atoms with van der Waals surface area (Å²) >= 11 is 12.1. The van der Waals surface area contributed by atoms with Crippen molar-refractivity contribution in [2.24, 2.45) is 4.99 Å². The zero-order chi connectivity index (χ0) is 31.4. The third-order valence-electron chi connectivity index (χ3n) is 6.66. The molecule has 3 aromatic carbocycles. The summed E-state index contributed by atoms with van der Waals surface area (Å²) in [5, 5.41) is 0.617. The van der Waals surface area contributed by atoms with E-state index in [4.69, 9.17) is 30.5 Å². The molecule has 0 bridgehead atoms. The molecule has 228 valence electrons. The van der Waals surface area contributed by atoms with Crippen LogP contribution in [0.5, 0.6) is 17.2 Å². The van der Waals surface area contributed by atoms with Crippen molar-refractivity contribution in [1.29, 1.82) is 0 Å². The lowest BCUT2D eigenvalue weighted by Gasteiger charge is -2.23. The minimum absolute atomic E-state index is 0.227. The molecular formula is C32H27ClI2N2O6S. The molecule has 0 saturated heterocycles. The molecule has 1 aliphatic rings. The molecule has 0 radical (unpaired) electrons. The number of carbonyl (C=O) groups excluding carboxylic acids is 1. The summed E-state index contributed by atoms with van der Waals surface area (Å²) in [6.45, 7) is 4.91. The molecule has 4 aromatic rings. The summed E-state index contributed by atoms with van der Waals surface area (Å²) in [5.41, 5.74) is 2.17. The lowest BCUT2D eigenvalue weighted by Crippen LogP contribution is -2.39. The quantitative estimate of drug-likeness (QED) is 0.139. The number of carbonyl (C=O) groups is 1. The summed E-state index contributed by atoms with van der Waals surface area (Å²) in [6.07, 6.45) is 3.27. The number of hydrogen-bond donors (Lipinski definition) is 0. The fraction of sp³-hybridized carbons (Fsp3) is 0.219. The van der Waals surface area contributed by atoms with Gasteiger partial charge in [0.2, 0.25) is 0 Å². The molecule has 2 heterocycles. The monoisotopic (exact) mass is 856 g/mol. The van der Waals surface area contributed by atoms with E-state index in [9.17, 15) is 9.59 Å². The number of ether oxygens (including phenoxy) is 4. The van der Waals surface area contributed by atoms with Gasteiger partial charge in [0.25, 0.3) is 5.56 Å². The Morgan fingerprint density at radius 1 is 1.05 bits per heavy atom. The van der Waals surface area contributed by atoms with E-state index in [1.165, 1.54) is 29.2 Å². The number of benzene rings is 3. The Balaban J connectivity index is 1.63. The highest BCUT2D eigenvalue weighted by molar-refractivity contribution is 14.1. The second kappa shape index (κ2) is 14.5. The predicted octanol–water partition coefficient (Wildman–Crippen LogP) is 6.26. The maximum atomic E-state index is 14.1. The minimum Gasteiger partial charge on any atom is -0.490 e. The van der Waals surface area contributed by atoms with E-state index in [1.807, 2.05) is 56.3 Å². The van der Waals surface area contributed by atoms with Crippen molar-refractivity contribution in [3.8, 4) is 17.2 Å². The lowest BCUT2D eigenvalue weighted by atomic mass is 9.97. The number of halogens is 3. The molecule has 0 aliphatic carbocycles. The Bertz CT molecular complexity index is 1940. The molecule has 1 aliphatic heterocycles. The predicted molar refractivity (Wildman–Crippen MR) is 188 cm³/mol. The van der Waals surface area contributed by atoms with Gasteiger partial charge in [0.15, 0.2) is 16.3 Å².